The van der Waals surface area contributed by atoms with Crippen LogP contribution in [0, 0.1) is 0 Å². The Labute approximate surface area is 97.1 Å². The van der Waals surface area contributed by atoms with E-state index in [1.807, 2.05) is 30.3 Å². The molecular weight excluding hydrogens is 256 g/mol. The van der Waals surface area contributed by atoms with Gasteiger partial charge in [0.05, 0.1) is 5.92 Å². The lowest BCUT2D eigenvalue weighted by Gasteiger charge is -2.22. The quantitative estimate of drug-likeness (QED) is 0.729. The molecule has 2 nitrogen and oxygen atoms in total. The number of carbonyl (C=O) groups is 1. The molecule has 78 valence electrons. The maximum Gasteiger partial charge on any atom is 0.318 e. The van der Waals surface area contributed by atoms with E-state index in [1.54, 1.807) is 4.99 Å². The average molecular weight is 267 g/mol. The van der Waals surface area contributed by atoms with Crippen LogP contribution in [0.5, 0.6) is 0 Å². The Bertz CT molecular complexity index is 384. The number of ether oxygens (including phenoxy) is 1. The fourth-order valence-electron chi connectivity index (χ4n) is 1.72. The van der Waals surface area contributed by atoms with E-state index >= 15 is 0 Å². The summed E-state index contributed by atoms with van der Waals surface area (Å²) >= 11 is 3.18. The third kappa shape index (κ3) is 2.29. The summed E-state index contributed by atoms with van der Waals surface area (Å²) in [4.78, 5) is 13.4. The van der Waals surface area contributed by atoms with Crippen LogP contribution in [0.3, 0.4) is 0 Å². The van der Waals surface area contributed by atoms with Gasteiger partial charge in [0.25, 0.3) is 0 Å². The minimum atomic E-state index is -0.154. The molecule has 1 aliphatic rings. The molecule has 0 N–H and O–H groups in total. The minimum absolute atomic E-state index is 0.109. The summed E-state index contributed by atoms with van der Waals surface area (Å²) in [5.41, 5.74) is 1.04. The summed E-state index contributed by atoms with van der Waals surface area (Å²) in [7, 11) is 0. The van der Waals surface area contributed by atoms with Crippen molar-refractivity contribution in [3.63, 3.8) is 0 Å². The number of carbonyl (C=O) groups excluding carboxylic acids is 1. The molecule has 2 rings (SSSR count). The highest BCUT2D eigenvalue weighted by molar-refractivity contribution is 9.11. The van der Waals surface area contributed by atoms with Crippen LogP contribution in [-0.2, 0) is 9.53 Å². The van der Waals surface area contributed by atoms with Gasteiger partial charge in [0.15, 0.2) is 0 Å². The molecule has 0 unspecified atom stereocenters. The summed E-state index contributed by atoms with van der Waals surface area (Å²) in [6.45, 7) is 0. The minimum Gasteiger partial charge on any atom is -0.430 e. The highest BCUT2D eigenvalue weighted by Crippen LogP contribution is 2.31. The van der Waals surface area contributed by atoms with Crippen LogP contribution in [-0.4, -0.2) is 5.97 Å². The number of cyclic esters (lactones) is 1. The highest BCUT2D eigenvalue weighted by Gasteiger charge is 2.27. The normalized spacial score (nSPS) is 23.9. The van der Waals surface area contributed by atoms with Crippen LogP contribution in [0.2, 0.25) is 0 Å². The Morgan fingerprint density at radius 3 is 2.67 bits per heavy atom. The molecule has 0 aliphatic carbocycles. The molecule has 0 amide bonds. The van der Waals surface area contributed by atoms with E-state index in [9.17, 15) is 4.79 Å². The van der Waals surface area contributed by atoms with Crippen molar-refractivity contribution in [2.24, 2.45) is 0 Å². The largest absolute Gasteiger partial charge is 0.430 e. The Balaban J connectivity index is 2.17. The third-order valence-electron chi connectivity index (χ3n) is 2.52. The molecule has 0 spiro atoms. The topological polar surface area (TPSA) is 26.3 Å². The van der Waals surface area contributed by atoms with Gasteiger partial charge >= 0.3 is 5.97 Å². The number of allylic oxidation sites excluding steroid dienone is 1. The summed E-state index contributed by atoms with van der Waals surface area (Å²) in [5.74, 6) is 0.452. The molecule has 0 radical (unpaired) electrons. The summed E-state index contributed by atoms with van der Waals surface area (Å²) in [6, 6.07) is 9.77. The second-order valence-corrected chi connectivity index (χ2v) is 3.96. The van der Waals surface area contributed by atoms with Crippen LogP contribution < -0.4 is 0 Å². The van der Waals surface area contributed by atoms with Gasteiger partial charge in [-0.1, -0.05) is 46.3 Å². The van der Waals surface area contributed by atoms with E-state index in [0.29, 0.717) is 5.76 Å². The van der Waals surface area contributed by atoms with Gasteiger partial charge in [0.2, 0.25) is 0 Å². The maximum atomic E-state index is 11.7. The summed E-state index contributed by atoms with van der Waals surface area (Å²) in [6.07, 6.45) is 1.62. The van der Waals surface area contributed by atoms with Crippen LogP contribution in [0.4, 0.5) is 0 Å². The number of rotatable bonds is 1. The molecule has 1 atom stereocenters. The zero-order chi connectivity index (χ0) is 10.7. The van der Waals surface area contributed by atoms with Gasteiger partial charge in [0.1, 0.15) is 5.76 Å². The molecule has 1 heterocycles. The molecule has 3 heteroatoms. The number of hydrogen-bond acceptors (Lipinski definition) is 2. The van der Waals surface area contributed by atoms with Crippen molar-refractivity contribution >= 4 is 21.9 Å². The van der Waals surface area contributed by atoms with Gasteiger partial charge < -0.3 is 4.74 Å². The zero-order valence-corrected chi connectivity index (χ0v) is 9.74. The standard InChI is InChI=1S/C12H11BrO2/c13-8-10-6-7-11(12(14)15-10)9-4-2-1-3-5-9/h1-5,8,11H,6-7H2/b10-8-/t11-/m0/s1. The van der Waals surface area contributed by atoms with Crippen molar-refractivity contribution in [1.29, 1.82) is 0 Å². The molecule has 0 saturated carbocycles. The van der Waals surface area contributed by atoms with E-state index in [4.69, 9.17) is 4.74 Å². The predicted octanol–water partition coefficient (Wildman–Crippen LogP) is 3.34. The van der Waals surface area contributed by atoms with Crippen molar-refractivity contribution < 1.29 is 9.53 Å². The highest BCUT2D eigenvalue weighted by atomic mass is 79.9. The summed E-state index contributed by atoms with van der Waals surface area (Å²) < 4.78 is 5.18. The SMILES string of the molecule is O=C1O/C(=C\Br)CC[C@H]1c1ccccc1. The van der Waals surface area contributed by atoms with Crippen molar-refractivity contribution in [3.8, 4) is 0 Å². The van der Waals surface area contributed by atoms with Crippen molar-refractivity contribution in [3.05, 3.63) is 46.6 Å². The first kappa shape index (κ1) is 10.4. The fourth-order valence-corrected chi connectivity index (χ4v) is 2.04. The summed E-state index contributed by atoms with van der Waals surface area (Å²) in [5, 5.41) is 0. The first-order chi connectivity index (χ1) is 7.31. The molecular formula is C12H11BrO2. The Hall–Kier alpha value is -1.09. The lowest BCUT2D eigenvalue weighted by atomic mass is 9.92. The lowest BCUT2D eigenvalue weighted by molar-refractivity contribution is -0.143. The van der Waals surface area contributed by atoms with Gasteiger partial charge in [-0.15, -0.1) is 0 Å². The van der Waals surface area contributed by atoms with E-state index < -0.39 is 0 Å². The smallest absolute Gasteiger partial charge is 0.318 e. The van der Waals surface area contributed by atoms with Crippen molar-refractivity contribution in [1.82, 2.24) is 0 Å². The number of esters is 1. The van der Waals surface area contributed by atoms with Crippen molar-refractivity contribution in [2.75, 3.05) is 0 Å². The van der Waals surface area contributed by atoms with Gasteiger partial charge in [-0.3, -0.25) is 4.79 Å². The van der Waals surface area contributed by atoms with Crippen LogP contribution in [0.15, 0.2) is 41.1 Å². The van der Waals surface area contributed by atoms with E-state index in [0.717, 1.165) is 18.4 Å². The second-order valence-electron chi connectivity index (χ2n) is 3.50. The molecule has 1 saturated heterocycles. The predicted molar refractivity (Wildman–Crippen MR) is 61.5 cm³/mol. The Morgan fingerprint density at radius 1 is 1.33 bits per heavy atom. The maximum absolute atomic E-state index is 11.7. The number of benzene rings is 1. The molecule has 0 aromatic heterocycles. The number of hydrogen-bond donors (Lipinski definition) is 0. The second kappa shape index (κ2) is 4.62. The molecule has 1 fully saturated rings. The third-order valence-corrected chi connectivity index (χ3v) is 3.03. The molecule has 0 bridgehead atoms. The Kier molecular flexibility index (Phi) is 3.21. The molecule has 15 heavy (non-hydrogen) atoms. The Morgan fingerprint density at radius 2 is 2.07 bits per heavy atom. The first-order valence-electron chi connectivity index (χ1n) is 4.87. The van der Waals surface area contributed by atoms with Gasteiger partial charge in [0, 0.05) is 11.4 Å². The van der Waals surface area contributed by atoms with Crippen molar-refractivity contribution in [2.45, 2.75) is 18.8 Å². The fraction of sp³-hybridized carbons (Fsp3) is 0.250. The van der Waals surface area contributed by atoms with Crippen LogP contribution >= 0.6 is 15.9 Å². The average Bonchev–Trinajstić information content (AvgIpc) is 2.30. The van der Waals surface area contributed by atoms with Gasteiger partial charge in [-0.25, -0.2) is 0 Å². The van der Waals surface area contributed by atoms with E-state index in [2.05, 4.69) is 15.9 Å². The van der Waals surface area contributed by atoms with Crippen LogP contribution in [0.1, 0.15) is 24.3 Å². The zero-order valence-electron chi connectivity index (χ0n) is 8.15. The molecule has 1 aromatic carbocycles. The molecule has 1 aliphatic heterocycles. The number of halogens is 1. The van der Waals surface area contributed by atoms with E-state index in [1.165, 1.54) is 0 Å². The first-order valence-corrected chi connectivity index (χ1v) is 5.78. The van der Waals surface area contributed by atoms with Crippen LogP contribution in [0.25, 0.3) is 0 Å². The van der Waals surface area contributed by atoms with Gasteiger partial charge in [-0.2, -0.15) is 0 Å². The lowest BCUT2D eigenvalue weighted by Crippen LogP contribution is -2.20. The molecule has 1 aromatic rings. The monoisotopic (exact) mass is 266 g/mol. The van der Waals surface area contributed by atoms with Gasteiger partial charge in [-0.05, 0) is 12.0 Å². The van der Waals surface area contributed by atoms with E-state index in [-0.39, 0.29) is 11.9 Å².